The van der Waals surface area contributed by atoms with Crippen LogP contribution in [0.25, 0.3) is 11.1 Å². The van der Waals surface area contributed by atoms with Crippen molar-refractivity contribution in [2.24, 2.45) is 0 Å². The minimum absolute atomic E-state index is 0.311. The molecule has 2 rings (SSSR count). The monoisotopic (exact) mass is 218 g/mol. The van der Waals surface area contributed by atoms with E-state index in [4.69, 9.17) is 5.73 Å². The van der Waals surface area contributed by atoms with Gasteiger partial charge in [0, 0.05) is 18.8 Å². The van der Waals surface area contributed by atoms with Crippen LogP contribution in [-0.4, -0.2) is 17.0 Å². The Morgan fingerprint density at radius 2 is 2.19 bits per heavy atom. The highest BCUT2D eigenvalue weighted by molar-refractivity contribution is 5.73. The van der Waals surface area contributed by atoms with Crippen molar-refractivity contribution in [3.05, 3.63) is 36.3 Å². The first kappa shape index (κ1) is 10.4. The SMILES string of the molecule is CNc1ncc(-c2cccc(F)c2)c(N)n1. The minimum atomic E-state index is -0.311. The first-order valence-corrected chi connectivity index (χ1v) is 4.77. The molecule has 0 aliphatic rings. The van der Waals surface area contributed by atoms with Gasteiger partial charge in [0.2, 0.25) is 5.95 Å². The van der Waals surface area contributed by atoms with Crippen LogP contribution in [0, 0.1) is 5.82 Å². The van der Waals surface area contributed by atoms with E-state index in [9.17, 15) is 4.39 Å². The third-order valence-electron chi connectivity index (χ3n) is 2.18. The molecule has 5 heteroatoms. The van der Waals surface area contributed by atoms with Gasteiger partial charge in [-0.05, 0) is 17.7 Å². The molecule has 0 bridgehead atoms. The number of nitrogens with one attached hydrogen (secondary N) is 1. The van der Waals surface area contributed by atoms with Gasteiger partial charge in [-0.1, -0.05) is 12.1 Å². The average molecular weight is 218 g/mol. The molecule has 0 unspecified atom stereocenters. The minimum Gasteiger partial charge on any atom is -0.383 e. The molecule has 1 aromatic carbocycles. The number of nitrogens with two attached hydrogens (primary N) is 1. The number of rotatable bonds is 2. The molecule has 0 atom stereocenters. The summed E-state index contributed by atoms with van der Waals surface area (Å²) in [5.41, 5.74) is 7.06. The zero-order valence-electron chi connectivity index (χ0n) is 8.74. The quantitative estimate of drug-likeness (QED) is 0.808. The highest BCUT2D eigenvalue weighted by Gasteiger charge is 2.06. The molecule has 0 aliphatic heterocycles. The van der Waals surface area contributed by atoms with Crippen LogP contribution in [-0.2, 0) is 0 Å². The van der Waals surface area contributed by atoms with E-state index in [1.807, 2.05) is 0 Å². The molecule has 1 heterocycles. The van der Waals surface area contributed by atoms with Crippen LogP contribution >= 0.6 is 0 Å². The summed E-state index contributed by atoms with van der Waals surface area (Å²) in [6.07, 6.45) is 1.57. The van der Waals surface area contributed by atoms with Crippen LogP contribution in [0.2, 0.25) is 0 Å². The van der Waals surface area contributed by atoms with Crippen LogP contribution in [0.5, 0.6) is 0 Å². The number of hydrogen-bond donors (Lipinski definition) is 2. The van der Waals surface area contributed by atoms with E-state index in [2.05, 4.69) is 15.3 Å². The Labute approximate surface area is 92.3 Å². The van der Waals surface area contributed by atoms with E-state index < -0.39 is 0 Å². The number of halogens is 1. The summed E-state index contributed by atoms with van der Waals surface area (Å²) in [7, 11) is 1.70. The smallest absolute Gasteiger partial charge is 0.224 e. The van der Waals surface area contributed by atoms with Gasteiger partial charge in [0.15, 0.2) is 0 Å². The second-order valence-corrected chi connectivity index (χ2v) is 3.25. The molecule has 16 heavy (non-hydrogen) atoms. The maximum absolute atomic E-state index is 13.0. The molecule has 3 N–H and O–H groups in total. The molecule has 0 radical (unpaired) electrons. The lowest BCUT2D eigenvalue weighted by atomic mass is 10.1. The zero-order chi connectivity index (χ0) is 11.5. The highest BCUT2D eigenvalue weighted by Crippen LogP contribution is 2.24. The predicted molar refractivity (Wildman–Crippen MR) is 61.4 cm³/mol. The first-order valence-electron chi connectivity index (χ1n) is 4.77. The van der Waals surface area contributed by atoms with Crippen molar-refractivity contribution < 1.29 is 4.39 Å². The van der Waals surface area contributed by atoms with Gasteiger partial charge in [0.1, 0.15) is 11.6 Å². The molecular formula is C11H11FN4. The number of nitrogen functional groups attached to an aromatic ring is 1. The zero-order valence-corrected chi connectivity index (χ0v) is 8.74. The standard InChI is InChI=1S/C11H11FN4/c1-14-11-15-6-9(10(13)16-11)7-3-2-4-8(12)5-7/h2-6H,1H3,(H3,13,14,15,16). The Morgan fingerprint density at radius 1 is 1.38 bits per heavy atom. The number of anilines is 2. The van der Waals surface area contributed by atoms with Gasteiger partial charge in [-0.25, -0.2) is 9.37 Å². The molecule has 0 aliphatic carbocycles. The molecule has 0 amide bonds. The predicted octanol–water partition coefficient (Wildman–Crippen LogP) is 1.91. The lowest BCUT2D eigenvalue weighted by Crippen LogP contribution is -2.01. The van der Waals surface area contributed by atoms with Crippen molar-refractivity contribution in [3.8, 4) is 11.1 Å². The fourth-order valence-corrected chi connectivity index (χ4v) is 1.39. The van der Waals surface area contributed by atoms with Gasteiger partial charge in [0.05, 0.1) is 0 Å². The van der Waals surface area contributed by atoms with E-state index in [0.717, 1.165) is 0 Å². The third kappa shape index (κ3) is 1.93. The fraction of sp³-hybridized carbons (Fsp3) is 0.0909. The first-order chi connectivity index (χ1) is 7.70. The van der Waals surface area contributed by atoms with E-state index in [-0.39, 0.29) is 5.82 Å². The van der Waals surface area contributed by atoms with Gasteiger partial charge in [0.25, 0.3) is 0 Å². The van der Waals surface area contributed by atoms with Crippen molar-refractivity contribution in [3.63, 3.8) is 0 Å². The van der Waals surface area contributed by atoms with Crippen LogP contribution in [0.15, 0.2) is 30.5 Å². The maximum Gasteiger partial charge on any atom is 0.224 e. The Hall–Kier alpha value is -2.17. The normalized spacial score (nSPS) is 10.1. The summed E-state index contributed by atoms with van der Waals surface area (Å²) in [5.74, 6) is 0.456. The van der Waals surface area contributed by atoms with Crippen LogP contribution in [0.3, 0.4) is 0 Å². The van der Waals surface area contributed by atoms with E-state index >= 15 is 0 Å². The summed E-state index contributed by atoms with van der Waals surface area (Å²) in [6, 6.07) is 6.16. The summed E-state index contributed by atoms with van der Waals surface area (Å²) in [5, 5.41) is 2.78. The van der Waals surface area contributed by atoms with Gasteiger partial charge >= 0.3 is 0 Å². The molecule has 0 saturated heterocycles. The van der Waals surface area contributed by atoms with E-state index in [1.165, 1.54) is 12.1 Å². The Bertz CT molecular complexity index is 513. The second-order valence-electron chi connectivity index (χ2n) is 3.25. The molecular weight excluding hydrogens is 207 g/mol. The number of nitrogens with zero attached hydrogens (tertiary/aromatic N) is 2. The van der Waals surface area contributed by atoms with Crippen molar-refractivity contribution in [2.75, 3.05) is 18.1 Å². The lowest BCUT2D eigenvalue weighted by Gasteiger charge is -2.06. The molecule has 1 aromatic heterocycles. The lowest BCUT2D eigenvalue weighted by molar-refractivity contribution is 0.628. The van der Waals surface area contributed by atoms with Crippen molar-refractivity contribution in [1.29, 1.82) is 0 Å². The number of benzene rings is 1. The summed E-state index contributed by atoms with van der Waals surface area (Å²) >= 11 is 0. The number of aromatic nitrogens is 2. The van der Waals surface area contributed by atoms with Crippen LogP contribution < -0.4 is 11.1 Å². The molecule has 82 valence electrons. The van der Waals surface area contributed by atoms with Crippen molar-refractivity contribution in [2.45, 2.75) is 0 Å². The molecule has 0 saturated carbocycles. The second kappa shape index (κ2) is 4.14. The van der Waals surface area contributed by atoms with Gasteiger partial charge in [-0.15, -0.1) is 0 Å². The van der Waals surface area contributed by atoms with Crippen molar-refractivity contribution >= 4 is 11.8 Å². The Balaban J connectivity index is 2.48. The molecule has 0 fully saturated rings. The maximum atomic E-state index is 13.0. The van der Waals surface area contributed by atoms with Gasteiger partial charge < -0.3 is 11.1 Å². The van der Waals surface area contributed by atoms with Gasteiger partial charge in [-0.3, -0.25) is 0 Å². The van der Waals surface area contributed by atoms with Gasteiger partial charge in [-0.2, -0.15) is 4.98 Å². The summed E-state index contributed by atoms with van der Waals surface area (Å²) < 4.78 is 13.0. The number of hydrogen-bond acceptors (Lipinski definition) is 4. The largest absolute Gasteiger partial charge is 0.383 e. The molecule has 0 spiro atoms. The topological polar surface area (TPSA) is 63.8 Å². The van der Waals surface area contributed by atoms with Crippen LogP contribution in [0.1, 0.15) is 0 Å². The third-order valence-corrected chi connectivity index (χ3v) is 2.18. The molecule has 2 aromatic rings. The van der Waals surface area contributed by atoms with Crippen molar-refractivity contribution in [1.82, 2.24) is 9.97 Å². The summed E-state index contributed by atoms with van der Waals surface area (Å²) in [4.78, 5) is 8.07. The Morgan fingerprint density at radius 3 is 2.81 bits per heavy atom. The van der Waals surface area contributed by atoms with E-state index in [1.54, 1.807) is 25.4 Å². The van der Waals surface area contributed by atoms with Crippen LogP contribution in [0.4, 0.5) is 16.2 Å². The summed E-state index contributed by atoms with van der Waals surface area (Å²) in [6.45, 7) is 0. The van der Waals surface area contributed by atoms with E-state index in [0.29, 0.717) is 22.9 Å². The average Bonchev–Trinajstić information content (AvgIpc) is 2.28. The highest BCUT2D eigenvalue weighted by atomic mass is 19.1. The molecule has 4 nitrogen and oxygen atoms in total. The Kier molecular flexibility index (Phi) is 2.68. The fourth-order valence-electron chi connectivity index (χ4n) is 1.39.